The average molecular weight is 171 g/mol. The lowest BCUT2D eigenvalue weighted by Gasteiger charge is -2.17. The summed E-state index contributed by atoms with van der Waals surface area (Å²) in [6.45, 7) is -0.703. The fourth-order valence-electron chi connectivity index (χ4n) is 0.726. The highest BCUT2D eigenvalue weighted by atomic mass is 19.4. The van der Waals surface area contributed by atoms with Crippen LogP contribution in [0.15, 0.2) is 0 Å². The molecule has 0 aliphatic carbocycles. The van der Waals surface area contributed by atoms with Crippen LogP contribution in [-0.2, 0) is 0 Å². The normalized spacial score (nSPS) is 12.5. The Morgan fingerprint density at radius 3 is 2.27 bits per heavy atom. The van der Waals surface area contributed by atoms with E-state index in [2.05, 4.69) is 0 Å². The van der Waals surface area contributed by atoms with Crippen molar-refractivity contribution in [2.24, 2.45) is 0 Å². The molecule has 2 nitrogen and oxygen atoms in total. The maximum Gasteiger partial charge on any atom is 0.401 e. The minimum Gasteiger partial charge on any atom is -0.396 e. The zero-order valence-corrected chi connectivity index (χ0v) is 6.36. The van der Waals surface area contributed by atoms with Crippen molar-refractivity contribution in [2.75, 3.05) is 26.7 Å². The van der Waals surface area contributed by atoms with Crippen molar-refractivity contribution in [3.63, 3.8) is 0 Å². The molecule has 0 fully saturated rings. The van der Waals surface area contributed by atoms with Crippen molar-refractivity contribution in [3.05, 3.63) is 0 Å². The Kier molecular flexibility index (Phi) is 4.44. The number of hydrogen-bond donors (Lipinski definition) is 1. The van der Waals surface area contributed by atoms with Crippen LogP contribution in [-0.4, -0.2) is 42.9 Å². The quantitative estimate of drug-likeness (QED) is 0.678. The van der Waals surface area contributed by atoms with Gasteiger partial charge in [0, 0.05) is 13.2 Å². The Balaban J connectivity index is 3.44. The van der Waals surface area contributed by atoms with E-state index in [-0.39, 0.29) is 13.2 Å². The van der Waals surface area contributed by atoms with Gasteiger partial charge >= 0.3 is 6.18 Å². The molecule has 0 heterocycles. The summed E-state index contributed by atoms with van der Waals surface area (Å²) in [5.74, 6) is 0. The fourth-order valence-corrected chi connectivity index (χ4v) is 0.726. The van der Waals surface area contributed by atoms with Crippen LogP contribution in [0.4, 0.5) is 13.2 Å². The summed E-state index contributed by atoms with van der Waals surface area (Å²) >= 11 is 0. The predicted octanol–water partition coefficient (Wildman–Crippen LogP) is 0.863. The summed E-state index contributed by atoms with van der Waals surface area (Å²) < 4.78 is 34.9. The largest absolute Gasteiger partial charge is 0.401 e. The van der Waals surface area contributed by atoms with E-state index in [4.69, 9.17) is 5.11 Å². The standard InChI is InChI=1S/C6H12F3NO/c1-10(3-2-4-11)5-6(7,8)9/h11H,2-5H2,1H3. The van der Waals surface area contributed by atoms with Gasteiger partial charge in [-0.15, -0.1) is 0 Å². The van der Waals surface area contributed by atoms with Gasteiger partial charge in [-0.3, -0.25) is 4.90 Å². The van der Waals surface area contributed by atoms with E-state index in [1.54, 1.807) is 0 Å². The van der Waals surface area contributed by atoms with Gasteiger partial charge in [-0.2, -0.15) is 13.2 Å². The molecule has 0 radical (unpaired) electrons. The smallest absolute Gasteiger partial charge is 0.396 e. The van der Waals surface area contributed by atoms with Crippen LogP contribution in [0.3, 0.4) is 0 Å². The minimum absolute atomic E-state index is 0.0673. The third-order valence-corrected chi connectivity index (χ3v) is 1.15. The molecule has 5 heteroatoms. The molecule has 0 rings (SSSR count). The van der Waals surface area contributed by atoms with Gasteiger partial charge in [0.1, 0.15) is 0 Å². The summed E-state index contributed by atoms with van der Waals surface area (Å²) in [5, 5.41) is 8.31. The van der Waals surface area contributed by atoms with Crippen molar-refractivity contribution in [1.82, 2.24) is 4.90 Å². The molecule has 0 aliphatic heterocycles. The van der Waals surface area contributed by atoms with Crippen LogP contribution in [0.2, 0.25) is 0 Å². The average Bonchev–Trinajstić information content (AvgIpc) is 1.79. The molecule has 0 aromatic rings. The van der Waals surface area contributed by atoms with Gasteiger partial charge in [0.2, 0.25) is 0 Å². The first-order valence-electron chi connectivity index (χ1n) is 3.32. The summed E-state index contributed by atoms with van der Waals surface area (Å²) in [7, 11) is 1.38. The number of rotatable bonds is 4. The number of hydrogen-bond acceptors (Lipinski definition) is 2. The molecule has 0 bridgehead atoms. The van der Waals surface area contributed by atoms with Gasteiger partial charge < -0.3 is 5.11 Å². The Labute approximate surface area is 63.6 Å². The van der Waals surface area contributed by atoms with Crippen molar-refractivity contribution in [1.29, 1.82) is 0 Å². The second kappa shape index (κ2) is 4.56. The first-order chi connectivity index (χ1) is 4.95. The third-order valence-electron chi connectivity index (χ3n) is 1.15. The Morgan fingerprint density at radius 2 is 1.91 bits per heavy atom. The SMILES string of the molecule is CN(CCCO)CC(F)(F)F. The van der Waals surface area contributed by atoms with Gasteiger partial charge in [0.05, 0.1) is 6.54 Å². The molecule has 0 aliphatic rings. The third kappa shape index (κ3) is 7.61. The molecule has 68 valence electrons. The molecule has 0 amide bonds. The first kappa shape index (κ1) is 10.7. The molecular weight excluding hydrogens is 159 g/mol. The highest BCUT2D eigenvalue weighted by Crippen LogP contribution is 2.15. The van der Waals surface area contributed by atoms with E-state index in [0.29, 0.717) is 6.42 Å². The van der Waals surface area contributed by atoms with Crippen molar-refractivity contribution < 1.29 is 18.3 Å². The van der Waals surface area contributed by atoms with E-state index in [0.717, 1.165) is 4.90 Å². The van der Waals surface area contributed by atoms with Gasteiger partial charge in [-0.1, -0.05) is 0 Å². The summed E-state index contributed by atoms with van der Waals surface area (Å²) in [4.78, 5) is 1.14. The van der Waals surface area contributed by atoms with Crippen molar-refractivity contribution in [3.8, 4) is 0 Å². The summed E-state index contributed by atoms with van der Waals surface area (Å²) in [5.41, 5.74) is 0. The minimum atomic E-state index is -4.13. The Morgan fingerprint density at radius 1 is 1.36 bits per heavy atom. The summed E-state index contributed by atoms with van der Waals surface area (Å²) in [6.07, 6.45) is -3.75. The topological polar surface area (TPSA) is 23.5 Å². The van der Waals surface area contributed by atoms with Gasteiger partial charge in [0.25, 0.3) is 0 Å². The lowest BCUT2D eigenvalue weighted by molar-refractivity contribution is -0.143. The van der Waals surface area contributed by atoms with Crippen LogP contribution in [0, 0.1) is 0 Å². The Hall–Kier alpha value is -0.290. The number of alkyl halides is 3. The maximum absolute atomic E-state index is 11.6. The van der Waals surface area contributed by atoms with Crippen molar-refractivity contribution in [2.45, 2.75) is 12.6 Å². The molecule has 0 unspecified atom stereocenters. The van der Waals surface area contributed by atoms with Gasteiger partial charge in [-0.25, -0.2) is 0 Å². The van der Waals surface area contributed by atoms with Gasteiger partial charge in [0.15, 0.2) is 0 Å². The maximum atomic E-state index is 11.6. The van der Waals surface area contributed by atoms with Crippen LogP contribution < -0.4 is 0 Å². The second-order valence-electron chi connectivity index (χ2n) is 2.43. The zero-order valence-electron chi connectivity index (χ0n) is 6.36. The lowest BCUT2D eigenvalue weighted by Crippen LogP contribution is -2.31. The number of aliphatic hydroxyl groups is 1. The van der Waals surface area contributed by atoms with E-state index < -0.39 is 12.7 Å². The molecule has 0 spiro atoms. The molecule has 11 heavy (non-hydrogen) atoms. The first-order valence-corrected chi connectivity index (χ1v) is 3.32. The molecule has 0 atom stereocenters. The van der Waals surface area contributed by atoms with Crippen LogP contribution >= 0.6 is 0 Å². The zero-order chi connectivity index (χ0) is 8.91. The molecule has 0 aromatic heterocycles. The van der Waals surface area contributed by atoms with Crippen LogP contribution in [0.25, 0.3) is 0 Å². The lowest BCUT2D eigenvalue weighted by atomic mass is 10.4. The highest BCUT2D eigenvalue weighted by Gasteiger charge is 2.28. The van der Waals surface area contributed by atoms with E-state index in [1.165, 1.54) is 7.05 Å². The number of aliphatic hydroxyl groups excluding tert-OH is 1. The highest BCUT2D eigenvalue weighted by molar-refractivity contribution is 4.57. The van der Waals surface area contributed by atoms with Gasteiger partial charge in [-0.05, 0) is 13.5 Å². The molecular formula is C6H12F3NO. The van der Waals surface area contributed by atoms with Crippen LogP contribution in [0.5, 0.6) is 0 Å². The second-order valence-corrected chi connectivity index (χ2v) is 2.43. The monoisotopic (exact) mass is 171 g/mol. The van der Waals surface area contributed by atoms with E-state index in [9.17, 15) is 13.2 Å². The van der Waals surface area contributed by atoms with E-state index in [1.807, 2.05) is 0 Å². The van der Waals surface area contributed by atoms with E-state index >= 15 is 0 Å². The number of nitrogens with zero attached hydrogens (tertiary/aromatic N) is 1. The Bertz CT molecular complexity index is 104. The van der Waals surface area contributed by atoms with Crippen molar-refractivity contribution >= 4 is 0 Å². The predicted molar refractivity (Wildman–Crippen MR) is 35.3 cm³/mol. The molecule has 0 saturated carbocycles. The fraction of sp³-hybridized carbons (Fsp3) is 1.00. The molecule has 1 N–H and O–H groups in total. The number of halogens is 3. The van der Waals surface area contributed by atoms with Crippen LogP contribution in [0.1, 0.15) is 6.42 Å². The molecule has 0 saturated heterocycles. The molecule has 0 aromatic carbocycles. The summed E-state index contributed by atoms with van der Waals surface area (Å²) in [6, 6.07) is 0.